The van der Waals surface area contributed by atoms with Crippen molar-refractivity contribution >= 4 is 0 Å². The summed E-state index contributed by atoms with van der Waals surface area (Å²) in [7, 11) is 0. The van der Waals surface area contributed by atoms with Crippen LogP contribution >= 0.6 is 0 Å². The topological polar surface area (TPSA) is 29.5 Å². The molecular formula is C9H18O2. The Kier molecular flexibility index (Phi) is 3.34. The minimum absolute atomic E-state index is 0.121. The van der Waals surface area contributed by atoms with E-state index in [1.54, 1.807) is 0 Å². The van der Waals surface area contributed by atoms with Gasteiger partial charge in [0.05, 0.1) is 13.2 Å². The first kappa shape index (κ1) is 9.01. The van der Waals surface area contributed by atoms with Crippen LogP contribution in [0, 0.1) is 5.41 Å². The Morgan fingerprint density at radius 2 is 2.00 bits per heavy atom. The van der Waals surface area contributed by atoms with Gasteiger partial charge in [0.25, 0.3) is 0 Å². The number of hydrogen-bond acceptors (Lipinski definition) is 2. The average Bonchev–Trinajstić information content (AvgIpc) is 2.50. The molecule has 1 fully saturated rings. The minimum Gasteiger partial charge on any atom is -0.396 e. The molecule has 0 spiro atoms. The van der Waals surface area contributed by atoms with E-state index in [0.29, 0.717) is 6.61 Å². The molecule has 11 heavy (non-hydrogen) atoms. The van der Waals surface area contributed by atoms with Gasteiger partial charge in [0.2, 0.25) is 0 Å². The third kappa shape index (κ3) is 2.17. The summed E-state index contributed by atoms with van der Waals surface area (Å²) in [6.45, 7) is 3.81. The highest BCUT2D eigenvalue weighted by Crippen LogP contribution is 2.37. The van der Waals surface area contributed by atoms with E-state index in [0.717, 1.165) is 26.1 Å². The summed E-state index contributed by atoms with van der Waals surface area (Å²) in [5, 5.41) is 9.16. The zero-order chi connectivity index (χ0) is 8.16. The molecule has 2 heteroatoms. The molecule has 0 amide bonds. The van der Waals surface area contributed by atoms with Crippen LogP contribution in [-0.2, 0) is 4.74 Å². The molecule has 1 saturated carbocycles. The van der Waals surface area contributed by atoms with Crippen LogP contribution in [0.15, 0.2) is 0 Å². The van der Waals surface area contributed by atoms with Crippen molar-refractivity contribution in [2.24, 2.45) is 5.41 Å². The van der Waals surface area contributed by atoms with Crippen LogP contribution in [0.25, 0.3) is 0 Å². The molecule has 0 aromatic heterocycles. The van der Waals surface area contributed by atoms with Gasteiger partial charge >= 0.3 is 0 Å². The minimum atomic E-state index is 0.121. The van der Waals surface area contributed by atoms with Crippen LogP contribution in [0.4, 0.5) is 0 Å². The van der Waals surface area contributed by atoms with Crippen molar-refractivity contribution in [2.75, 3.05) is 19.8 Å². The van der Waals surface area contributed by atoms with Gasteiger partial charge in [-0.1, -0.05) is 12.8 Å². The number of aliphatic hydroxyl groups excluding tert-OH is 1. The second-order valence-corrected chi connectivity index (χ2v) is 3.50. The largest absolute Gasteiger partial charge is 0.396 e. The number of aliphatic hydroxyl groups is 1. The number of rotatable bonds is 4. The van der Waals surface area contributed by atoms with Gasteiger partial charge in [-0.15, -0.1) is 0 Å². The summed E-state index contributed by atoms with van der Waals surface area (Å²) in [4.78, 5) is 0. The lowest BCUT2D eigenvalue weighted by Crippen LogP contribution is -2.27. The van der Waals surface area contributed by atoms with Gasteiger partial charge in [0, 0.05) is 12.0 Å². The quantitative estimate of drug-likeness (QED) is 0.673. The molecule has 0 bridgehead atoms. The Bertz CT molecular complexity index is 106. The van der Waals surface area contributed by atoms with E-state index >= 15 is 0 Å². The second-order valence-electron chi connectivity index (χ2n) is 3.50. The summed E-state index contributed by atoms with van der Waals surface area (Å²) in [6.07, 6.45) is 4.80. The van der Waals surface area contributed by atoms with E-state index in [2.05, 4.69) is 0 Å². The van der Waals surface area contributed by atoms with Crippen molar-refractivity contribution in [3.8, 4) is 0 Å². The van der Waals surface area contributed by atoms with E-state index in [1.807, 2.05) is 6.92 Å². The van der Waals surface area contributed by atoms with E-state index < -0.39 is 0 Å². The highest BCUT2D eigenvalue weighted by Gasteiger charge is 2.33. The van der Waals surface area contributed by atoms with E-state index in [4.69, 9.17) is 9.84 Å². The molecule has 0 radical (unpaired) electrons. The Morgan fingerprint density at radius 3 is 2.45 bits per heavy atom. The SMILES string of the molecule is CCOCC1(CO)CCCC1. The van der Waals surface area contributed by atoms with Crippen LogP contribution in [-0.4, -0.2) is 24.9 Å². The summed E-state index contributed by atoms with van der Waals surface area (Å²) < 4.78 is 5.35. The van der Waals surface area contributed by atoms with Gasteiger partial charge < -0.3 is 9.84 Å². The Morgan fingerprint density at radius 1 is 1.36 bits per heavy atom. The molecule has 1 aliphatic carbocycles. The first-order chi connectivity index (χ1) is 5.33. The molecule has 1 aliphatic rings. The van der Waals surface area contributed by atoms with E-state index in [9.17, 15) is 0 Å². The Balaban J connectivity index is 2.33. The maximum atomic E-state index is 9.16. The fourth-order valence-electron chi connectivity index (χ4n) is 1.79. The number of hydrogen-bond donors (Lipinski definition) is 1. The van der Waals surface area contributed by atoms with E-state index in [-0.39, 0.29) is 5.41 Å². The standard InChI is InChI=1S/C9H18O2/c1-2-11-8-9(7-10)5-3-4-6-9/h10H,2-8H2,1H3. The van der Waals surface area contributed by atoms with Crippen molar-refractivity contribution in [3.05, 3.63) is 0 Å². The van der Waals surface area contributed by atoms with Gasteiger partial charge in [0.1, 0.15) is 0 Å². The van der Waals surface area contributed by atoms with Crippen molar-refractivity contribution < 1.29 is 9.84 Å². The monoisotopic (exact) mass is 158 g/mol. The molecule has 0 aromatic rings. The second kappa shape index (κ2) is 4.07. The molecule has 1 rings (SSSR count). The lowest BCUT2D eigenvalue weighted by atomic mass is 9.88. The lowest BCUT2D eigenvalue weighted by molar-refractivity contribution is 0.0152. The van der Waals surface area contributed by atoms with Crippen molar-refractivity contribution in [2.45, 2.75) is 32.6 Å². The summed E-state index contributed by atoms with van der Waals surface area (Å²) in [5.41, 5.74) is 0.121. The van der Waals surface area contributed by atoms with Gasteiger partial charge in [0.15, 0.2) is 0 Å². The average molecular weight is 158 g/mol. The fraction of sp³-hybridized carbons (Fsp3) is 1.00. The molecule has 0 aromatic carbocycles. The normalized spacial score (nSPS) is 22.4. The van der Waals surface area contributed by atoms with Gasteiger partial charge in [-0.3, -0.25) is 0 Å². The molecular weight excluding hydrogens is 140 g/mol. The predicted octanol–water partition coefficient (Wildman–Crippen LogP) is 1.58. The molecule has 0 unspecified atom stereocenters. The van der Waals surface area contributed by atoms with E-state index in [1.165, 1.54) is 12.8 Å². The van der Waals surface area contributed by atoms with Crippen LogP contribution in [0.1, 0.15) is 32.6 Å². The van der Waals surface area contributed by atoms with Gasteiger partial charge in [-0.2, -0.15) is 0 Å². The van der Waals surface area contributed by atoms with Crippen LogP contribution < -0.4 is 0 Å². The van der Waals surface area contributed by atoms with Crippen molar-refractivity contribution in [1.82, 2.24) is 0 Å². The molecule has 0 aliphatic heterocycles. The van der Waals surface area contributed by atoms with Crippen LogP contribution in [0.3, 0.4) is 0 Å². The van der Waals surface area contributed by atoms with Gasteiger partial charge in [-0.05, 0) is 19.8 Å². The summed E-state index contributed by atoms with van der Waals surface area (Å²) in [5.74, 6) is 0. The van der Waals surface area contributed by atoms with Crippen molar-refractivity contribution in [1.29, 1.82) is 0 Å². The first-order valence-corrected chi connectivity index (χ1v) is 4.51. The highest BCUT2D eigenvalue weighted by molar-refractivity contribution is 4.83. The number of ether oxygens (including phenoxy) is 1. The Hall–Kier alpha value is -0.0800. The third-order valence-corrected chi connectivity index (χ3v) is 2.61. The van der Waals surface area contributed by atoms with Gasteiger partial charge in [-0.25, -0.2) is 0 Å². The maximum Gasteiger partial charge on any atom is 0.0544 e. The first-order valence-electron chi connectivity index (χ1n) is 4.51. The lowest BCUT2D eigenvalue weighted by Gasteiger charge is -2.25. The van der Waals surface area contributed by atoms with Crippen LogP contribution in [0.5, 0.6) is 0 Å². The fourth-order valence-corrected chi connectivity index (χ4v) is 1.79. The highest BCUT2D eigenvalue weighted by atomic mass is 16.5. The molecule has 2 nitrogen and oxygen atoms in total. The maximum absolute atomic E-state index is 9.16. The molecule has 0 heterocycles. The molecule has 66 valence electrons. The third-order valence-electron chi connectivity index (χ3n) is 2.61. The Labute approximate surface area is 68.6 Å². The van der Waals surface area contributed by atoms with Crippen molar-refractivity contribution in [3.63, 3.8) is 0 Å². The molecule has 1 N–H and O–H groups in total. The summed E-state index contributed by atoms with van der Waals surface area (Å²) in [6, 6.07) is 0. The predicted molar refractivity (Wildman–Crippen MR) is 44.5 cm³/mol. The zero-order valence-electron chi connectivity index (χ0n) is 7.31. The smallest absolute Gasteiger partial charge is 0.0544 e. The molecule has 0 saturated heterocycles. The summed E-state index contributed by atoms with van der Waals surface area (Å²) >= 11 is 0. The molecule has 0 atom stereocenters. The van der Waals surface area contributed by atoms with Crippen LogP contribution in [0.2, 0.25) is 0 Å². The zero-order valence-corrected chi connectivity index (χ0v) is 7.31.